The molecule has 0 aromatic heterocycles. The van der Waals surface area contributed by atoms with Gasteiger partial charge in [-0.25, -0.2) is 0 Å². The second kappa shape index (κ2) is 10.4. The molecule has 3 rings (SSSR count). The van der Waals surface area contributed by atoms with Crippen molar-refractivity contribution in [2.24, 2.45) is 5.92 Å². The van der Waals surface area contributed by atoms with Crippen LogP contribution >= 0.6 is 23.2 Å². The van der Waals surface area contributed by atoms with Gasteiger partial charge in [0.05, 0.1) is 12.5 Å². The van der Waals surface area contributed by atoms with Gasteiger partial charge in [0.15, 0.2) is 6.10 Å². The van der Waals surface area contributed by atoms with Gasteiger partial charge in [-0.05, 0) is 36.4 Å². The van der Waals surface area contributed by atoms with Crippen LogP contribution in [0.3, 0.4) is 0 Å². The number of rotatable bonds is 8. The lowest BCUT2D eigenvalue weighted by Gasteiger charge is -2.19. The maximum atomic E-state index is 12.7. The second-order valence-corrected chi connectivity index (χ2v) is 7.80. The van der Waals surface area contributed by atoms with Crippen LogP contribution in [-0.2, 0) is 14.3 Å². The van der Waals surface area contributed by atoms with Crippen LogP contribution in [0, 0.1) is 5.92 Å². The van der Waals surface area contributed by atoms with Crippen molar-refractivity contribution in [2.45, 2.75) is 18.9 Å². The number of ketones is 1. The van der Waals surface area contributed by atoms with E-state index in [1.54, 1.807) is 54.6 Å². The SMILES string of the molecule is O=C(NN1C[C@H](C(=O)O[C@H](CCCl)C(=O)c2ccc(Cl)cc2)CC1=O)c1ccccc1. The monoisotopic (exact) mass is 462 g/mol. The maximum Gasteiger partial charge on any atom is 0.312 e. The summed E-state index contributed by atoms with van der Waals surface area (Å²) in [6.07, 6.45) is -1.07. The number of alkyl halides is 1. The molecule has 0 radical (unpaired) electrons. The first-order valence-electron chi connectivity index (χ1n) is 9.61. The Balaban J connectivity index is 1.62. The van der Waals surface area contributed by atoms with E-state index in [0.29, 0.717) is 16.1 Å². The minimum atomic E-state index is -1.07. The number of benzene rings is 2. The number of hydrogen-bond donors (Lipinski definition) is 1. The van der Waals surface area contributed by atoms with Crippen LogP contribution < -0.4 is 5.43 Å². The van der Waals surface area contributed by atoms with E-state index in [2.05, 4.69) is 5.43 Å². The molecule has 0 spiro atoms. The van der Waals surface area contributed by atoms with Crippen LogP contribution in [0.15, 0.2) is 54.6 Å². The summed E-state index contributed by atoms with van der Waals surface area (Å²) in [5.74, 6) is -2.66. The molecule has 0 bridgehead atoms. The summed E-state index contributed by atoms with van der Waals surface area (Å²) in [7, 11) is 0. The van der Waals surface area contributed by atoms with E-state index < -0.39 is 35.6 Å². The van der Waals surface area contributed by atoms with E-state index >= 15 is 0 Å². The number of esters is 1. The number of halogens is 2. The normalized spacial score (nSPS) is 16.6. The molecule has 2 aromatic rings. The third-order valence-corrected chi connectivity index (χ3v) is 5.25. The first-order chi connectivity index (χ1) is 14.9. The third-order valence-electron chi connectivity index (χ3n) is 4.78. The lowest BCUT2D eigenvalue weighted by atomic mass is 10.0. The van der Waals surface area contributed by atoms with E-state index in [1.807, 2.05) is 0 Å². The Morgan fingerprint density at radius 3 is 2.39 bits per heavy atom. The highest BCUT2D eigenvalue weighted by Gasteiger charge is 2.38. The molecule has 162 valence electrons. The average molecular weight is 463 g/mol. The smallest absolute Gasteiger partial charge is 0.312 e. The van der Waals surface area contributed by atoms with Crippen LogP contribution in [0.2, 0.25) is 5.02 Å². The van der Waals surface area contributed by atoms with Gasteiger partial charge in [0.2, 0.25) is 11.7 Å². The number of carbonyl (C=O) groups excluding carboxylic acids is 4. The van der Waals surface area contributed by atoms with Crippen LogP contribution in [0.5, 0.6) is 0 Å². The standard InChI is InChI=1S/C22H20Cl2N2O5/c23-11-10-18(20(28)14-6-8-17(24)9-7-14)31-22(30)16-12-19(27)26(13-16)25-21(29)15-4-2-1-3-5-15/h1-9,16,18H,10-13H2,(H,25,29)/t16-,18-/m1/s1. The zero-order chi connectivity index (χ0) is 22.4. The van der Waals surface area contributed by atoms with E-state index in [-0.39, 0.29) is 25.3 Å². The van der Waals surface area contributed by atoms with Crippen LogP contribution in [-0.4, -0.2) is 47.1 Å². The quantitative estimate of drug-likeness (QED) is 0.369. The molecular formula is C22H20Cl2N2O5. The molecule has 1 heterocycles. The highest BCUT2D eigenvalue weighted by Crippen LogP contribution is 2.21. The van der Waals surface area contributed by atoms with Gasteiger partial charge in [0.1, 0.15) is 0 Å². The van der Waals surface area contributed by atoms with Gasteiger partial charge in [-0.3, -0.25) is 29.6 Å². The second-order valence-electron chi connectivity index (χ2n) is 6.99. The summed E-state index contributed by atoms with van der Waals surface area (Å²) in [6.45, 7) is -0.0427. The highest BCUT2D eigenvalue weighted by molar-refractivity contribution is 6.30. The van der Waals surface area contributed by atoms with Gasteiger partial charge >= 0.3 is 5.97 Å². The van der Waals surface area contributed by atoms with E-state index in [9.17, 15) is 19.2 Å². The average Bonchev–Trinajstić information content (AvgIpc) is 3.14. The number of ether oxygens (including phenoxy) is 1. The van der Waals surface area contributed by atoms with E-state index in [4.69, 9.17) is 27.9 Å². The molecule has 0 aliphatic carbocycles. The number of hydrazine groups is 1. The molecule has 1 N–H and O–H groups in total. The van der Waals surface area contributed by atoms with Gasteiger partial charge in [0, 0.05) is 34.9 Å². The number of nitrogens with zero attached hydrogens (tertiary/aromatic N) is 1. The Hall–Kier alpha value is -2.90. The minimum absolute atomic E-state index is 0.0427. The Kier molecular flexibility index (Phi) is 7.65. The molecule has 2 amide bonds. The summed E-state index contributed by atoms with van der Waals surface area (Å²) in [5, 5.41) is 1.57. The molecule has 0 saturated carbocycles. The van der Waals surface area contributed by atoms with Crippen molar-refractivity contribution in [1.29, 1.82) is 0 Å². The lowest BCUT2D eigenvalue weighted by molar-refractivity contribution is -0.151. The van der Waals surface area contributed by atoms with E-state index in [0.717, 1.165) is 5.01 Å². The molecule has 1 aliphatic heterocycles. The van der Waals surface area contributed by atoms with Crippen molar-refractivity contribution < 1.29 is 23.9 Å². The van der Waals surface area contributed by atoms with Crippen molar-refractivity contribution in [2.75, 3.05) is 12.4 Å². The Bertz CT molecular complexity index is 966. The number of nitrogens with one attached hydrogen (secondary N) is 1. The van der Waals surface area contributed by atoms with Gasteiger partial charge in [-0.2, -0.15) is 0 Å². The first-order valence-corrected chi connectivity index (χ1v) is 10.5. The third kappa shape index (κ3) is 5.83. The van der Waals surface area contributed by atoms with Crippen molar-refractivity contribution in [3.05, 3.63) is 70.7 Å². The maximum absolute atomic E-state index is 12.7. The number of hydrogen-bond acceptors (Lipinski definition) is 5. The zero-order valence-corrected chi connectivity index (χ0v) is 17.9. The zero-order valence-electron chi connectivity index (χ0n) is 16.4. The fourth-order valence-electron chi connectivity index (χ4n) is 3.13. The Morgan fingerprint density at radius 2 is 1.74 bits per heavy atom. The predicted molar refractivity (Wildman–Crippen MR) is 115 cm³/mol. The highest BCUT2D eigenvalue weighted by atomic mass is 35.5. The van der Waals surface area contributed by atoms with Crippen LogP contribution in [0.1, 0.15) is 33.6 Å². The molecule has 0 unspecified atom stereocenters. The van der Waals surface area contributed by atoms with Gasteiger partial charge < -0.3 is 4.74 Å². The molecule has 31 heavy (non-hydrogen) atoms. The molecule has 7 nitrogen and oxygen atoms in total. The van der Waals surface area contributed by atoms with Gasteiger partial charge in [0.25, 0.3) is 5.91 Å². The number of carbonyl (C=O) groups is 4. The topological polar surface area (TPSA) is 92.8 Å². The number of amides is 2. The van der Waals surface area contributed by atoms with Crippen LogP contribution in [0.4, 0.5) is 0 Å². The van der Waals surface area contributed by atoms with Crippen molar-refractivity contribution >= 4 is 46.8 Å². The fraction of sp³-hybridized carbons (Fsp3) is 0.273. The summed E-state index contributed by atoms with van der Waals surface area (Å²) < 4.78 is 5.41. The van der Waals surface area contributed by atoms with E-state index in [1.165, 1.54) is 0 Å². The predicted octanol–water partition coefficient (Wildman–Crippen LogP) is 3.26. The van der Waals surface area contributed by atoms with Crippen molar-refractivity contribution in [3.8, 4) is 0 Å². The fourth-order valence-corrected chi connectivity index (χ4v) is 3.45. The van der Waals surface area contributed by atoms with Gasteiger partial charge in [-0.15, -0.1) is 11.6 Å². The summed E-state index contributed by atoms with van der Waals surface area (Å²) in [6, 6.07) is 14.6. The first kappa shape index (κ1) is 22.8. The summed E-state index contributed by atoms with van der Waals surface area (Å²) in [5.41, 5.74) is 3.22. The molecular weight excluding hydrogens is 443 g/mol. The molecule has 2 aromatic carbocycles. The lowest BCUT2D eigenvalue weighted by Crippen LogP contribution is -2.43. The minimum Gasteiger partial charge on any atom is -0.454 e. The van der Waals surface area contributed by atoms with Crippen LogP contribution in [0.25, 0.3) is 0 Å². The summed E-state index contributed by atoms with van der Waals surface area (Å²) in [4.78, 5) is 49.9. The Morgan fingerprint density at radius 1 is 1.06 bits per heavy atom. The molecule has 1 saturated heterocycles. The van der Waals surface area contributed by atoms with Crippen molar-refractivity contribution in [1.82, 2.24) is 10.4 Å². The molecule has 2 atom stereocenters. The van der Waals surface area contributed by atoms with Crippen molar-refractivity contribution in [3.63, 3.8) is 0 Å². The largest absolute Gasteiger partial charge is 0.454 e. The molecule has 9 heteroatoms. The van der Waals surface area contributed by atoms with Gasteiger partial charge in [-0.1, -0.05) is 29.8 Å². The Labute approximate surface area is 189 Å². The molecule has 1 aliphatic rings. The molecule has 1 fully saturated rings. The number of Topliss-reactive ketones (excluding diaryl/α,β-unsaturated/α-hetero) is 1. The summed E-state index contributed by atoms with van der Waals surface area (Å²) >= 11 is 11.6.